The van der Waals surface area contributed by atoms with Crippen LogP contribution in [0, 0.1) is 25.2 Å². The third-order valence-corrected chi connectivity index (χ3v) is 5.30. The molecule has 5 heteroatoms. The number of nitrogens with zero attached hydrogens (tertiary/aromatic N) is 2. The van der Waals surface area contributed by atoms with Gasteiger partial charge in [0.2, 0.25) is 0 Å². The molecular weight excluding hydrogens is 386 g/mol. The number of carbonyl (C=O) groups excluding carboxylic acids is 1. The molecule has 0 atom stereocenters. The van der Waals surface area contributed by atoms with Gasteiger partial charge in [0.1, 0.15) is 17.4 Å². The number of ether oxygens (including phenoxy) is 1. The lowest BCUT2D eigenvalue weighted by Crippen LogP contribution is -2.13. The molecule has 1 amide bonds. The van der Waals surface area contributed by atoms with Gasteiger partial charge in [0.15, 0.2) is 0 Å². The smallest absolute Gasteiger partial charge is 0.266 e. The Balaban J connectivity index is 1.88. The number of nitriles is 1. The monoisotopic (exact) mass is 413 g/mol. The van der Waals surface area contributed by atoms with Gasteiger partial charge in [-0.3, -0.25) is 4.79 Å². The summed E-state index contributed by atoms with van der Waals surface area (Å²) >= 11 is 0. The number of rotatable bonds is 6. The molecule has 1 aromatic heterocycles. The van der Waals surface area contributed by atoms with Crippen molar-refractivity contribution in [2.75, 3.05) is 12.4 Å². The normalized spacial score (nSPS) is 11.3. The van der Waals surface area contributed by atoms with Gasteiger partial charge in [0.05, 0.1) is 7.11 Å². The fraction of sp³-hybridized carbons (Fsp3) is 0.231. The van der Waals surface area contributed by atoms with Crippen LogP contribution in [0.1, 0.15) is 42.3 Å². The minimum Gasteiger partial charge on any atom is -0.497 e. The van der Waals surface area contributed by atoms with Crippen molar-refractivity contribution in [2.45, 2.75) is 33.6 Å². The molecule has 0 saturated carbocycles. The number of methoxy groups -OCH3 is 1. The number of hydrogen-bond acceptors (Lipinski definition) is 3. The number of amides is 1. The first-order chi connectivity index (χ1) is 14.8. The molecule has 0 aliphatic carbocycles. The Bertz CT molecular complexity index is 1150. The van der Waals surface area contributed by atoms with E-state index in [2.05, 4.69) is 48.0 Å². The van der Waals surface area contributed by atoms with Gasteiger partial charge in [-0.15, -0.1) is 0 Å². The van der Waals surface area contributed by atoms with Crippen LogP contribution in [-0.4, -0.2) is 17.6 Å². The first kappa shape index (κ1) is 21.9. The molecule has 3 aromatic rings. The van der Waals surface area contributed by atoms with Gasteiger partial charge >= 0.3 is 0 Å². The summed E-state index contributed by atoms with van der Waals surface area (Å²) in [6.45, 7) is 8.35. The standard InChI is InChI=1S/C26H27N3O2/c1-17(2)20-6-10-24(11-7-20)29-18(3)14-21(19(29)4)15-22(16-27)26(30)28-23-8-12-25(31-5)13-9-23/h6-15,17H,1-5H3,(H,28,30)/b22-15-. The number of nitrogens with one attached hydrogen (secondary N) is 1. The predicted octanol–water partition coefficient (Wildman–Crippen LogP) is 5.77. The van der Waals surface area contributed by atoms with Crippen LogP contribution in [0.2, 0.25) is 0 Å². The van der Waals surface area contributed by atoms with E-state index in [1.165, 1.54) is 5.56 Å². The summed E-state index contributed by atoms with van der Waals surface area (Å²) in [7, 11) is 1.58. The Kier molecular flexibility index (Phi) is 6.61. The molecule has 0 spiro atoms. The van der Waals surface area contributed by atoms with E-state index in [4.69, 9.17) is 4.74 Å². The lowest BCUT2D eigenvalue weighted by Gasteiger charge is -2.12. The van der Waals surface area contributed by atoms with E-state index in [-0.39, 0.29) is 5.57 Å². The molecule has 0 radical (unpaired) electrons. The van der Waals surface area contributed by atoms with Crippen LogP contribution in [0.15, 0.2) is 60.2 Å². The topological polar surface area (TPSA) is 67.0 Å². The molecule has 158 valence electrons. The molecule has 0 fully saturated rings. The van der Waals surface area contributed by atoms with Gasteiger partial charge in [0.25, 0.3) is 5.91 Å². The summed E-state index contributed by atoms with van der Waals surface area (Å²) in [5.41, 5.74) is 5.84. The zero-order chi connectivity index (χ0) is 22.5. The van der Waals surface area contributed by atoms with Crippen molar-refractivity contribution in [3.63, 3.8) is 0 Å². The van der Waals surface area contributed by atoms with Crippen molar-refractivity contribution in [3.05, 3.63) is 82.7 Å². The third-order valence-electron chi connectivity index (χ3n) is 5.30. The van der Waals surface area contributed by atoms with Crippen LogP contribution in [-0.2, 0) is 4.79 Å². The fourth-order valence-electron chi connectivity index (χ4n) is 3.52. The van der Waals surface area contributed by atoms with Gasteiger partial charge in [-0.1, -0.05) is 26.0 Å². The summed E-state index contributed by atoms with van der Waals surface area (Å²) in [5.74, 6) is 0.725. The Hall–Kier alpha value is -3.78. The summed E-state index contributed by atoms with van der Waals surface area (Å²) in [5, 5.41) is 12.3. The lowest BCUT2D eigenvalue weighted by atomic mass is 10.0. The van der Waals surface area contributed by atoms with Crippen molar-refractivity contribution >= 4 is 17.7 Å². The second kappa shape index (κ2) is 9.36. The van der Waals surface area contributed by atoms with Gasteiger partial charge < -0.3 is 14.6 Å². The molecule has 3 rings (SSSR count). The number of anilines is 1. The van der Waals surface area contributed by atoms with E-state index in [9.17, 15) is 10.1 Å². The van der Waals surface area contributed by atoms with Crippen LogP contribution in [0.4, 0.5) is 5.69 Å². The molecule has 0 bridgehead atoms. The maximum Gasteiger partial charge on any atom is 0.266 e. The van der Waals surface area contributed by atoms with Crippen molar-refractivity contribution in [1.29, 1.82) is 5.26 Å². The van der Waals surface area contributed by atoms with Crippen molar-refractivity contribution in [2.24, 2.45) is 0 Å². The highest BCUT2D eigenvalue weighted by Crippen LogP contribution is 2.25. The highest BCUT2D eigenvalue weighted by Gasteiger charge is 2.14. The van der Waals surface area contributed by atoms with Crippen molar-refractivity contribution in [3.8, 4) is 17.5 Å². The highest BCUT2D eigenvalue weighted by atomic mass is 16.5. The molecule has 0 unspecified atom stereocenters. The Morgan fingerprint density at radius 3 is 2.29 bits per heavy atom. The van der Waals surface area contributed by atoms with Crippen molar-refractivity contribution in [1.82, 2.24) is 4.57 Å². The van der Waals surface area contributed by atoms with E-state index in [1.54, 1.807) is 37.5 Å². The summed E-state index contributed by atoms with van der Waals surface area (Å²) in [4.78, 5) is 12.6. The second-order valence-corrected chi connectivity index (χ2v) is 7.76. The maximum atomic E-state index is 12.6. The van der Waals surface area contributed by atoms with Crippen LogP contribution in [0.25, 0.3) is 11.8 Å². The quantitative estimate of drug-likeness (QED) is 0.412. The first-order valence-corrected chi connectivity index (χ1v) is 10.2. The average Bonchev–Trinajstić information content (AvgIpc) is 3.05. The predicted molar refractivity (Wildman–Crippen MR) is 125 cm³/mol. The number of carbonyl (C=O) groups is 1. The number of aryl methyl sites for hydroxylation is 1. The van der Waals surface area contributed by atoms with Gasteiger partial charge in [-0.25, -0.2) is 0 Å². The zero-order valence-corrected chi connectivity index (χ0v) is 18.6. The van der Waals surface area contributed by atoms with Crippen LogP contribution in [0.3, 0.4) is 0 Å². The molecule has 31 heavy (non-hydrogen) atoms. The molecular formula is C26H27N3O2. The summed E-state index contributed by atoms with van der Waals surface area (Å²) in [6, 6.07) is 19.5. The molecule has 1 heterocycles. The fourth-order valence-corrected chi connectivity index (χ4v) is 3.52. The molecule has 2 aromatic carbocycles. The Labute approximate surface area is 183 Å². The van der Waals surface area contributed by atoms with E-state index < -0.39 is 5.91 Å². The van der Waals surface area contributed by atoms with E-state index in [1.807, 2.05) is 26.0 Å². The van der Waals surface area contributed by atoms with Gasteiger partial charge in [0, 0.05) is 22.8 Å². The summed E-state index contributed by atoms with van der Waals surface area (Å²) < 4.78 is 7.26. The van der Waals surface area contributed by atoms with Crippen LogP contribution >= 0.6 is 0 Å². The number of hydrogen-bond donors (Lipinski definition) is 1. The zero-order valence-electron chi connectivity index (χ0n) is 18.6. The third kappa shape index (κ3) is 4.87. The lowest BCUT2D eigenvalue weighted by molar-refractivity contribution is -0.112. The molecule has 0 aliphatic rings. The summed E-state index contributed by atoms with van der Waals surface area (Å²) in [6.07, 6.45) is 1.64. The number of aromatic nitrogens is 1. The average molecular weight is 414 g/mol. The maximum absolute atomic E-state index is 12.6. The van der Waals surface area contributed by atoms with Crippen LogP contribution in [0.5, 0.6) is 5.75 Å². The molecule has 1 N–H and O–H groups in total. The van der Waals surface area contributed by atoms with Crippen LogP contribution < -0.4 is 10.1 Å². The largest absolute Gasteiger partial charge is 0.497 e. The molecule has 5 nitrogen and oxygen atoms in total. The Morgan fingerprint density at radius 2 is 1.74 bits per heavy atom. The Morgan fingerprint density at radius 1 is 1.10 bits per heavy atom. The van der Waals surface area contributed by atoms with E-state index >= 15 is 0 Å². The van der Waals surface area contributed by atoms with E-state index in [0.29, 0.717) is 17.4 Å². The minimum absolute atomic E-state index is 0.0474. The van der Waals surface area contributed by atoms with Crippen molar-refractivity contribution < 1.29 is 9.53 Å². The molecule has 0 saturated heterocycles. The van der Waals surface area contributed by atoms with Gasteiger partial charge in [-0.2, -0.15) is 5.26 Å². The highest BCUT2D eigenvalue weighted by molar-refractivity contribution is 6.09. The molecule has 0 aliphatic heterocycles. The van der Waals surface area contributed by atoms with Gasteiger partial charge in [-0.05, 0) is 79.4 Å². The van der Waals surface area contributed by atoms with E-state index in [0.717, 1.165) is 22.6 Å². The first-order valence-electron chi connectivity index (χ1n) is 10.2. The number of benzene rings is 2. The second-order valence-electron chi connectivity index (χ2n) is 7.76. The minimum atomic E-state index is -0.446. The SMILES string of the molecule is COc1ccc(NC(=O)/C(C#N)=C\c2cc(C)n(-c3ccc(C(C)C)cc3)c2C)cc1.